The Morgan fingerprint density at radius 3 is 2.89 bits per heavy atom. The first-order chi connectivity index (χ1) is 9.30. The first-order valence-electron chi connectivity index (χ1n) is 6.43. The number of benzene rings is 1. The molecule has 0 N–H and O–H groups in total. The fourth-order valence-electron chi connectivity index (χ4n) is 2.30. The summed E-state index contributed by atoms with van der Waals surface area (Å²) in [6, 6.07) is 3.99. The number of amides is 1. The van der Waals surface area contributed by atoms with Gasteiger partial charge >= 0.3 is 0 Å². The highest BCUT2D eigenvalue weighted by Gasteiger charge is 2.24. The number of methoxy groups -OCH3 is 1. The average molecular weight is 263 g/mol. The molecule has 1 amide bonds. The van der Waals surface area contributed by atoms with Crippen LogP contribution in [0, 0.1) is 0 Å². The number of fused-ring (bicyclic) bond motifs is 1. The van der Waals surface area contributed by atoms with E-state index in [1.807, 2.05) is 12.1 Å². The lowest BCUT2D eigenvalue weighted by Gasteiger charge is -2.26. The zero-order chi connectivity index (χ0) is 13.2. The first-order valence-corrected chi connectivity index (χ1v) is 6.43. The Bertz CT molecular complexity index is 485. The predicted octanol–water partition coefficient (Wildman–Crippen LogP) is 0.987. The van der Waals surface area contributed by atoms with E-state index in [9.17, 15) is 4.79 Å². The SMILES string of the molecule is COc1cc2c(cc1OCC1CO1)CCN(C=O)C2. The highest BCUT2D eigenvalue weighted by atomic mass is 16.6. The third kappa shape index (κ3) is 2.66. The van der Waals surface area contributed by atoms with E-state index in [4.69, 9.17) is 14.2 Å². The molecule has 0 saturated carbocycles. The molecule has 0 spiro atoms. The maximum atomic E-state index is 10.8. The Balaban J connectivity index is 1.82. The molecule has 2 heterocycles. The molecule has 0 bridgehead atoms. The number of nitrogens with zero attached hydrogens (tertiary/aromatic N) is 1. The molecule has 1 unspecified atom stereocenters. The standard InChI is InChI=1S/C14H17NO4/c1-17-13-5-11-6-15(9-16)3-2-10(11)4-14(13)19-8-12-7-18-12/h4-5,9,12H,2-3,6-8H2,1H3. The van der Waals surface area contributed by atoms with Crippen LogP contribution in [-0.4, -0.2) is 44.3 Å². The summed E-state index contributed by atoms with van der Waals surface area (Å²) in [5.41, 5.74) is 2.36. The molecule has 2 aliphatic rings. The Hall–Kier alpha value is -1.75. The second-order valence-electron chi connectivity index (χ2n) is 4.86. The van der Waals surface area contributed by atoms with Crippen LogP contribution in [-0.2, 0) is 22.5 Å². The van der Waals surface area contributed by atoms with Gasteiger partial charge in [-0.3, -0.25) is 4.79 Å². The van der Waals surface area contributed by atoms with Crippen molar-refractivity contribution in [3.05, 3.63) is 23.3 Å². The van der Waals surface area contributed by atoms with Crippen molar-refractivity contribution < 1.29 is 19.0 Å². The second kappa shape index (κ2) is 5.09. The van der Waals surface area contributed by atoms with Crippen molar-refractivity contribution in [3.63, 3.8) is 0 Å². The third-order valence-corrected chi connectivity index (χ3v) is 3.50. The number of epoxide rings is 1. The molecule has 0 aliphatic carbocycles. The van der Waals surface area contributed by atoms with Crippen LogP contribution < -0.4 is 9.47 Å². The van der Waals surface area contributed by atoms with Gasteiger partial charge in [-0.05, 0) is 29.7 Å². The van der Waals surface area contributed by atoms with E-state index in [2.05, 4.69) is 0 Å². The van der Waals surface area contributed by atoms with Crippen LogP contribution in [0.3, 0.4) is 0 Å². The van der Waals surface area contributed by atoms with Gasteiger partial charge in [0.2, 0.25) is 6.41 Å². The van der Waals surface area contributed by atoms with Gasteiger partial charge < -0.3 is 19.1 Å². The molecule has 5 heteroatoms. The molecule has 5 nitrogen and oxygen atoms in total. The van der Waals surface area contributed by atoms with E-state index in [1.165, 1.54) is 5.56 Å². The van der Waals surface area contributed by atoms with Crippen molar-refractivity contribution in [1.29, 1.82) is 0 Å². The van der Waals surface area contributed by atoms with E-state index in [0.29, 0.717) is 18.9 Å². The summed E-state index contributed by atoms with van der Waals surface area (Å²) in [7, 11) is 1.63. The first kappa shape index (κ1) is 12.3. The summed E-state index contributed by atoms with van der Waals surface area (Å²) in [5, 5.41) is 0. The Labute approximate surface area is 112 Å². The molecule has 1 fully saturated rings. The van der Waals surface area contributed by atoms with Gasteiger partial charge in [-0.2, -0.15) is 0 Å². The predicted molar refractivity (Wildman–Crippen MR) is 68.4 cm³/mol. The smallest absolute Gasteiger partial charge is 0.210 e. The van der Waals surface area contributed by atoms with Gasteiger partial charge in [0.05, 0.1) is 13.7 Å². The fraction of sp³-hybridized carbons (Fsp3) is 0.500. The van der Waals surface area contributed by atoms with Crippen molar-refractivity contribution in [2.75, 3.05) is 26.9 Å². The molecule has 2 aliphatic heterocycles. The summed E-state index contributed by atoms with van der Waals surface area (Å²) in [4.78, 5) is 12.6. The molecule has 1 aromatic carbocycles. The lowest BCUT2D eigenvalue weighted by Crippen LogP contribution is -2.29. The topological polar surface area (TPSA) is 51.3 Å². The maximum Gasteiger partial charge on any atom is 0.210 e. The number of rotatable bonds is 5. The largest absolute Gasteiger partial charge is 0.493 e. The lowest BCUT2D eigenvalue weighted by molar-refractivity contribution is -0.118. The van der Waals surface area contributed by atoms with E-state index in [-0.39, 0.29) is 6.10 Å². The number of carbonyl (C=O) groups is 1. The van der Waals surface area contributed by atoms with Crippen LogP contribution in [0.4, 0.5) is 0 Å². The van der Waals surface area contributed by atoms with Crippen molar-refractivity contribution in [2.45, 2.75) is 19.1 Å². The van der Waals surface area contributed by atoms with E-state index >= 15 is 0 Å². The van der Waals surface area contributed by atoms with Crippen LogP contribution >= 0.6 is 0 Å². The van der Waals surface area contributed by atoms with Crippen LogP contribution in [0.1, 0.15) is 11.1 Å². The summed E-state index contributed by atoms with van der Waals surface area (Å²) in [6.07, 6.45) is 1.98. The Kier molecular flexibility index (Phi) is 3.29. The normalized spacial score (nSPS) is 20.7. The van der Waals surface area contributed by atoms with Crippen LogP contribution in [0.25, 0.3) is 0 Å². The molecule has 0 aromatic heterocycles. The average Bonchev–Trinajstić information content (AvgIpc) is 3.27. The second-order valence-corrected chi connectivity index (χ2v) is 4.86. The van der Waals surface area contributed by atoms with Gasteiger partial charge in [-0.25, -0.2) is 0 Å². The van der Waals surface area contributed by atoms with Crippen LogP contribution in [0.5, 0.6) is 11.5 Å². The molecular weight excluding hydrogens is 246 g/mol. The third-order valence-electron chi connectivity index (χ3n) is 3.50. The van der Waals surface area contributed by atoms with Gasteiger partial charge in [0.25, 0.3) is 0 Å². The van der Waals surface area contributed by atoms with Crippen molar-refractivity contribution in [3.8, 4) is 11.5 Å². The van der Waals surface area contributed by atoms with Crippen molar-refractivity contribution in [1.82, 2.24) is 4.90 Å². The van der Waals surface area contributed by atoms with Gasteiger partial charge in [0, 0.05) is 13.1 Å². The zero-order valence-corrected chi connectivity index (χ0v) is 10.9. The Morgan fingerprint density at radius 2 is 2.21 bits per heavy atom. The fourth-order valence-corrected chi connectivity index (χ4v) is 2.30. The summed E-state index contributed by atoms with van der Waals surface area (Å²) >= 11 is 0. The van der Waals surface area contributed by atoms with Crippen LogP contribution in [0.15, 0.2) is 12.1 Å². The van der Waals surface area contributed by atoms with E-state index in [1.54, 1.807) is 12.0 Å². The van der Waals surface area contributed by atoms with Gasteiger partial charge in [-0.1, -0.05) is 0 Å². The van der Waals surface area contributed by atoms with Gasteiger partial charge in [0.15, 0.2) is 11.5 Å². The van der Waals surface area contributed by atoms with Gasteiger partial charge in [-0.15, -0.1) is 0 Å². The number of hydrogen-bond donors (Lipinski definition) is 0. The van der Waals surface area contributed by atoms with Crippen molar-refractivity contribution in [2.24, 2.45) is 0 Å². The zero-order valence-electron chi connectivity index (χ0n) is 10.9. The Morgan fingerprint density at radius 1 is 1.42 bits per heavy atom. The highest BCUT2D eigenvalue weighted by molar-refractivity contribution is 5.53. The molecule has 1 saturated heterocycles. The summed E-state index contributed by atoms with van der Waals surface area (Å²) < 4.78 is 16.2. The van der Waals surface area contributed by atoms with Crippen LogP contribution in [0.2, 0.25) is 0 Å². The quantitative estimate of drug-likeness (QED) is 0.587. The van der Waals surface area contributed by atoms with Crippen molar-refractivity contribution >= 4 is 6.41 Å². The lowest BCUT2D eigenvalue weighted by atomic mass is 9.99. The minimum Gasteiger partial charge on any atom is -0.493 e. The monoisotopic (exact) mass is 263 g/mol. The van der Waals surface area contributed by atoms with E-state index in [0.717, 1.165) is 37.3 Å². The van der Waals surface area contributed by atoms with Gasteiger partial charge in [0.1, 0.15) is 12.7 Å². The summed E-state index contributed by atoms with van der Waals surface area (Å²) in [5.74, 6) is 1.48. The molecule has 3 rings (SSSR count). The summed E-state index contributed by atoms with van der Waals surface area (Å²) in [6.45, 7) is 2.74. The molecular formula is C14H17NO4. The number of carbonyl (C=O) groups excluding carboxylic acids is 1. The highest BCUT2D eigenvalue weighted by Crippen LogP contribution is 2.33. The molecule has 19 heavy (non-hydrogen) atoms. The molecule has 102 valence electrons. The molecule has 1 atom stereocenters. The van der Waals surface area contributed by atoms with E-state index < -0.39 is 0 Å². The molecule has 0 radical (unpaired) electrons. The number of ether oxygens (including phenoxy) is 3. The maximum absolute atomic E-state index is 10.8. The number of hydrogen-bond acceptors (Lipinski definition) is 4. The minimum absolute atomic E-state index is 0.228. The molecule has 1 aromatic rings. The minimum atomic E-state index is 0.228.